The molecule has 0 atom stereocenters. The number of thiophene rings is 1. The third-order valence-electron chi connectivity index (χ3n) is 3.33. The number of halogens is 1. The summed E-state index contributed by atoms with van der Waals surface area (Å²) >= 11 is 7.47. The molecule has 1 fully saturated rings. The first-order valence-corrected chi connectivity index (χ1v) is 6.87. The molecule has 0 aliphatic heterocycles. The Hall–Kier alpha value is -0.540. The van der Waals surface area contributed by atoms with Crippen LogP contribution < -0.4 is 5.32 Å². The van der Waals surface area contributed by atoms with E-state index in [0.717, 1.165) is 24.1 Å². The van der Waals surface area contributed by atoms with E-state index in [9.17, 15) is 4.79 Å². The summed E-state index contributed by atoms with van der Waals surface area (Å²) in [7, 11) is 0. The molecule has 4 heteroatoms. The topological polar surface area (TPSA) is 29.1 Å². The van der Waals surface area contributed by atoms with E-state index in [1.54, 1.807) is 11.3 Å². The van der Waals surface area contributed by atoms with E-state index in [-0.39, 0.29) is 11.4 Å². The van der Waals surface area contributed by atoms with Gasteiger partial charge in [-0.15, -0.1) is 22.9 Å². The molecule has 1 amide bonds. The Bertz CT molecular complexity index is 384. The summed E-state index contributed by atoms with van der Waals surface area (Å²) in [6.45, 7) is 4.07. The van der Waals surface area contributed by atoms with Crippen molar-refractivity contribution in [3.8, 4) is 0 Å². The van der Waals surface area contributed by atoms with Gasteiger partial charge in [0.2, 0.25) is 0 Å². The smallest absolute Gasteiger partial charge is 0.261 e. The molecular weight excluding hydrogens is 242 g/mol. The lowest BCUT2D eigenvalue weighted by atomic mass is 9.78. The van der Waals surface area contributed by atoms with Gasteiger partial charge in [0.05, 0.1) is 10.4 Å². The van der Waals surface area contributed by atoms with Crippen molar-refractivity contribution >= 4 is 28.8 Å². The highest BCUT2D eigenvalue weighted by molar-refractivity contribution is 7.14. The third kappa shape index (κ3) is 2.11. The molecule has 2 nitrogen and oxygen atoms in total. The first-order chi connectivity index (χ1) is 7.56. The van der Waals surface area contributed by atoms with Crippen LogP contribution in [-0.2, 0) is 0 Å². The molecule has 1 N–H and O–H groups in total. The molecule has 0 aromatic carbocycles. The Morgan fingerprint density at radius 3 is 2.62 bits per heavy atom. The van der Waals surface area contributed by atoms with Gasteiger partial charge in [0, 0.05) is 10.8 Å². The number of carbonyl (C=O) groups excluding carboxylic acids is 1. The number of amides is 1. The molecule has 0 radical (unpaired) electrons. The number of rotatable bonds is 3. The number of alkyl halides is 1. The zero-order valence-electron chi connectivity index (χ0n) is 9.60. The van der Waals surface area contributed by atoms with Crippen LogP contribution in [-0.4, -0.2) is 17.3 Å². The van der Waals surface area contributed by atoms with Crippen LogP contribution in [0, 0.1) is 13.8 Å². The van der Waals surface area contributed by atoms with Gasteiger partial charge in [-0.3, -0.25) is 4.79 Å². The standard InChI is InChI=1S/C12H16ClNOS/c1-8-6-10(16-9(8)2)11(15)14-12(7-13)4-3-5-12/h6H,3-5,7H2,1-2H3,(H,14,15). The van der Waals surface area contributed by atoms with Gasteiger partial charge in [0.1, 0.15) is 0 Å². The van der Waals surface area contributed by atoms with E-state index in [0.29, 0.717) is 5.88 Å². The van der Waals surface area contributed by atoms with Crippen LogP contribution in [0.25, 0.3) is 0 Å². The molecule has 1 heterocycles. The second kappa shape index (κ2) is 4.38. The fraction of sp³-hybridized carbons (Fsp3) is 0.583. The van der Waals surface area contributed by atoms with Gasteiger partial charge in [0.15, 0.2) is 0 Å². The normalized spacial score (nSPS) is 17.9. The Labute approximate surface area is 105 Å². The average molecular weight is 258 g/mol. The predicted molar refractivity (Wildman–Crippen MR) is 68.6 cm³/mol. The van der Waals surface area contributed by atoms with E-state index in [2.05, 4.69) is 5.32 Å². The van der Waals surface area contributed by atoms with Crippen LogP contribution in [0.1, 0.15) is 39.4 Å². The van der Waals surface area contributed by atoms with Crippen LogP contribution in [0.15, 0.2) is 6.07 Å². The molecule has 88 valence electrons. The van der Waals surface area contributed by atoms with Crippen LogP contribution in [0.4, 0.5) is 0 Å². The van der Waals surface area contributed by atoms with Crippen LogP contribution in [0.2, 0.25) is 0 Å². The maximum absolute atomic E-state index is 12.0. The summed E-state index contributed by atoms with van der Waals surface area (Å²) < 4.78 is 0. The number of aryl methyl sites for hydroxylation is 2. The highest BCUT2D eigenvalue weighted by Crippen LogP contribution is 2.33. The second-order valence-electron chi connectivity index (χ2n) is 4.57. The molecule has 1 aliphatic rings. The SMILES string of the molecule is Cc1cc(C(=O)NC2(CCl)CCC2)sc1C. The Morgan fingerprint density at radius 2 is 2.25 bits per heavy atom. The van der Waals surface area contributed by atoms with Gasteiger partial charge in [-0.2, -0.15) is 0 Å². The van der Waals surface area contributed by atoms with Crippen LogP contribution in [0.5, 0.6) is 0 Å². The van der Waals surface area contributed by atoms with Gasteiger partial charge >= 0.3 is 0 Å². The van der Waals surface area contributed by atoms with E-state index in [1.807, 2.05) is 19.9 Å². The Balaban J connectivity index is 2.08. The summed E-state index contributed by atoms with van der Waals surface area (Å²) in [5.41, 5.74) is 1.05. The van der Waals surface area contributed by atoms with Gasteiger partial charge in [-0.25, -0.2) is 0 Å². The number of nitrogens with one attached hydrogen (secondary N) is 1. The molecule has 16 heavy (non-hydrogen) atoms. The Morgan fingerprint density at radius 1 is 1.56 bits per heavy atom. The van der Waals surface area contributed by atoms with Crippen molar-refractivity contribution in [2.45, 2.75) is 38.6 Å². The number of hydrogen-bond acceptors (Lipinski definition) is 2. The minimum absolute atomic E-state index is 0.0292. The van der Waals surface area contributed by atoms with Crippen LogP contribution in [0.3, 0.4) is 0 Å². The predicted octanol–water partition coefficient (Wildman–Crippen LogP) is 3.26. The van der Waals surface area contributed by atoms with Crippen molar-refractivity contribution in [1.29, 1.82) is 0 Å². The molecule has 1 aliphatic carbocycles. The van der Waals surface area contributed by atoms with Gasteiger partial charge < -0.3 is 5.32 Å². The van der Waals surface area contributed by atoms with E-state index < -0.39 is 0 Å². The largest absolute Gasteiger partial charge is 0.345 e. The first-order valence-electron chi connectivity index (χ1n) is 5.52. The van der Waals surface area contributed by atoms with Crippen LogP contribution >= 0.6 is 22.9 Å². The minimum Gasteiger partial charge on any atom is -0.345 e. The van der Waals surface area contributed by atoms with Crippen molar-refractivity contribution < 1.29 is 4.79 Å². The van der Waals surface area contributed by atoms with E-state index in [1.165, 1.54) is 10.4 Å². The summed E-state index contributed by atoms with van der Waals surface area (Å²) in [5, 5.41) is 3.08. The summed E-state index contributed by atoms with van der Waals surface area (Å²) in [6.07, 6.45) is 3.17. The molecule has 0 saturated heterocycles. The lowest BCUT2D eigenvalue weighted by molar-refractivity contribution is 0.0858. The summed E-state index contributed by atoms with van der Waals surface area (Å²) in [6, 6.07) is 1.95. The second-order valence-corrected chi connectivity index (χ2v) is 6.10. The van der Waals surface area contributed by atoms with Gasteiger partial charge in [0.25, 0.3) is 5.91 Å². The molecule has 1 aromatic heterocycles. The van der Waals surface area contributed by atoms with Crippen molar-refractivity contribution in [2.24, 2.45) is 0 Å². The zero-order valence-corrected chi connectivity index (χ0v) is 11.2. The van der Waals surface area contributed by atoms with Crippen molar-refractivity contribution in [3.63, 3.8) is 0 Å². The van der Waals surface area contributed by atoms with Crippen molar-refractivity contribution in [2.75, 3.05) is 5.88 Å². The molecule has 1 saturated carbocycles. The molecule has 0 bridgehead atoms. The first kappa shape index (κ1) is 11.9. The Kier molecular flexibility index (Phi) is 3.27. The van der Waals surface area contributed by atoms with Crippen molar-refractivity contribution in [3.05, 3.63) is 21.4 Å². The quantitative estimate of drug-likeness (QED) is 0.828. The van der Waals surface area contributed by atoms with Gasteiger partial charge in [-0.05, 0) is 44.7 Å². The van der Waals surface area contributed by atoms with Crippen molar-refractivity contribution in [1.82, 2.24) is 5.32 Å². The highest BCUT2D eigenvalue weighted by Gasteiger charge is 2.37. The number of carbonyl (C=O) groups is 1. The molecular formula is C12H16ClNOS. The van der Waals surface area contributed by atoms with E-state index in [4.69, 9.17) is 11.6 Å². The number of hydrogen-bond donors (Lipinski definition) is 1. The minimum atomic E-state index is -0.134. The summed E-state index contributed by atoms with van der Waals surface area (Å²) in [5.74, 6) is 0.545. The van der Waals surface area contributed by atoms with E-state index >= 15 is 0 Å². The highest BCUT2D eigenvalue weighted by atomic mass is 35.5. The zero-order chi connectivity index (χ0) is 11.8. The molecule has 1 aromatic rings. The average Bonchev–Trinajstić information content (AvgIpc) is 2.53. The fourth-order valence-electron chi connectivity index (χ4n) is 1.88. The maximum atomic E-state index is 12.0. The summed E-state index contributed by atoms with van der Waals surface area (Å²) in [4.78, 5) is 14.0. The fourth-order valence-corrected chi connectivity index (χ4v) is 3.15. The monoisotopic (exact) mass is 257 g/mol. The maximum Gasteiger partial charge on any atom is 0.261 e. The molecule has 0 unspecified atom stereocenters. The lowest BCUT2D eigenvalue weighted by Crippen LogP contribution is -2.54. The third-order valence-corrected chi connectivity index (χ3v) is 5.00. The molecule has 2 rings (SSSR count). The molecule has 0 spiro atoms. The lowest BCUT2D eigenvalue weighted by Gasteiger charge is -2.40. The van der Waals surface area contributed by atoms with Gasteiger partial charge in [-0.1, -0.05) is 0 Å².